The number of anilines is 1. The Bertz CT molecular complexity index is 504. The van der Waals surface area contributed by atoms with Crippen molar-refractivity contribution < 1.29 is 4.79 Å². The van der Waals surface area contributed by atoms with E-state index in [0.717, 1.165) is 24.9 Å². The van der Waals surface area contributed by atoms with Gasteiger partial charge in [0.2, 0.25) is 5.91 Å². The highest BCUT2D eigenvalue weighted by Crippen LogP contribution is 2.24. The number of hydrogen-bond acceptors (Lipinski definition) is 2. The molecule has 0 aliphatic rings. The van der Waals surface area contributed by atoms with Crippen molar-refractivity contribution >= 4 is 40.6 Å². The number of aliphatic imine (C=N–C) groups is 1. The van der Waals surface area contributed by atoms with Crippen LogP contribution in [0.3, 0.4) is 0 Å². The lowest BCUT2D eigenvalue weighted by Gasteiger charge is -2.07. The summed E-state index contributed by atoms with van der Waals surface area (Å²) in [4.78, 5) is 15.4. The van der Waals surface area contributed by atoms with E-state index in [1.165, 1.54) is 0 Å². The highest BCUT2D eigenvalue weighted by atomic mass is 35.5. The van der Waals surface area contributed by atoms with Crippen LogP contribution in [0.5, 0.6) is 0 Å². The first-order chi connectivity index (χ1) is 10.0. The SMILES string of the molecule is CCCCCC(=O)N=C(N)CCNc1ccc(Cl)c(Cl)c1. The van der Waals surface area contributed by atoms with E-state index >= 15 is 0 Å². The maximum absolute atomic E-state index is 11.5. The second-order valence-electron chi connectivity index (χ2n) is 4.76. The molecule has 1 aromatic rings. The van der Waals surface area contributed by atoms with Gasteiger partial charge in [0.1, 0.15) is 5.84 Å². The van der Waals surface area contributed by atoms with Crippen LogP contribution in [-0.2, 0) is 4.79 Å². The smallest absolute Gasteiger partial charge is 0.247 e. The zero-order valence-corrected chi connectivity index (χ0v) is 13.7. The van der Waals surface area contributed by atoms with Gasteiger partial charge in [0, 0.05) is 25.1 Å². The van der Waals surface area contributed by atoms with Crippen molar-refractivity contribution in [2.45, 2.75) is 39.0 Å². The molecule has 6 heteroatoms. The molecule has 0 saturated carbocycles. The number of hydrogen-bond donors (Lipinski definition) is 2. The summed E-state index contributed by atoms with van der Waals surface area (Å²) < 4.78 is 0. The van der Waals surface area contributed by atoms with Gasteiger partial charge in [0.05, 0.1) is 10.0 Å². The highest BCUT2D eigenvalue weighted by molar-refractivity contribution is 6.42. The Balaban J connectivity index is 2.33. The Labute approximate surface area is 135 Å². The third-order valence-corrected chi connectivity index (χ3v) is 3.63. The molecular formula is C15H21Cl2N3O. The quantitative estimate of drug-likeness (QED) is 0.425. The van der Waals surface area contributed by atoms with Gasteiger partial charge in [-0.15, -0.1) is 0 Å². The molecule has 0 fully saturated rings. The van der Waals surface area contributed by atoms with E-state index in [1.54, 1.807) is 12.1 Å². The predicted octanol–water partition coefficient (Wildman–Crippen LogP) is 4.26. The summed E-state index contributed by atoms with van der Waals surface area (Å²) in [6.07, 6.45) is 3.96. The molecule has 0 atom stereocenters. The molecule has 0 radical (unpaired) electrons. The minimum absolute atomic E-state index is 0.143. The lowest BCUT2D eigenvalue weighted by molar-refractivity contribution is -0.117. The summed E-state index contributed by atoms with van der Waals surface area (Å²) in [7, 11) is 0. The Morgan fingerprint density at radius 2 is 2.00 bits per heavy atom. The average Bonchev–Trinajstić information content (AvgIpc) is 2.43. The Morgan fingerprint density at radius 3 is 2.67 bits per heavy atom. The average molecular weight is 330 g/mol. The lowest BCUT2D eigenvalue weighted by Crippen LogP contribution is -2.18. The number of carbonyl (C=O) groups is 1. The van der Waals surface area contributed by atoms with Gasteiger partial charge >= 0.3 is 0 Å². The van der Waals surface area contributed by atoms with E-state index in [0.29, 0.717) is 35.3 Å². The molecule has 0 spiro atoms. The number of amides is 1. The molecule has 1 rings (SSSR count). The lowest BCUT2D eigenvalue weighted by atomic mass is 10.2. The Morgan fingerprint density at radius 1 is 1.24 bits per heavy atom. The third kappa shape index (κ3) is 7.34. The van der Waals surface area contributed by atoms with Crippen molar-refractivity contribution in [3.63, 3.8) is 0 Å². The predicted molar refractivity (Wildman–Crippen MR) is 90.3 cm³/mol. The van der Waals surface area contributed by atoms with E-state index < -0.39 is 0 Å². The largest absolute Gasteiger partial charge is 0.387 e. The van der Waals surface area contributed by atoms with Gasteiger partial charge in [-0.1, -0.05) is 43.0 Å². The number of carbonyl (C=O) groups excluding carboxylic acids is 1. The van der Waals surface area contributed by atoms with Crippen molar-refractivity contribution in [2.24, 2.45) is 10.7 Å². The van der Waals surface area contributed by atoms with E-state index in [1.807, 2.05) is 6.07 Å². The van der Waals surface area contributed by atoms with Crippen LogP contribution in [0.4, 0.5) is 5.69 Å². The molecule has 0 aliphatic heterocycles. The van der Waals surface area contributed by atoms with Crippen LogP contribution in [0.15, 0.2) is 23.2 Å². The monoisotopic (exact) mass is 329 g/mol. The standard InChI is InChI=1S/C15H21Cl2N3O/c1-2-3-4-5-15(21)20-14(18)8-9-19-11-6-7-12(16)13(17)10-11/h6-7,10,19H,2-5,8-9H2,1H3,(H2,18,20,21). The van der Waals surface area contributed by atoms with Crippen molar-refractivity contribution in [3.05, 3.63) is 28.2 Å². The van der Waals surface area contributed by atoms with Crippen molar-refractivity contribution in [2.75, 3.05) is 11.9 Å². The summed E-state index contributed by atoms with van der Waals surface area (Å²) >= 11 is 11.8. The Hall–Kier alpha value is -1.26. The number of benzene rings is 1. The number of nitrogens with one attached hydrogen (secondary N) is 1. The van der Waals surface area contributed by atoms with Gasteiger partial charge in [-0.2, -0.15) is 0 Å². The fourth-order valence-corrected chi connectivity index (χ4v) is 2.04. The van der Waals surface area contributed by atoms with Crippen LogP contribution in [0.1, 0.15) is 39.0 Å². The molecule has 0 aliphatic carbocycles. The van der Waals surface area contributed by atoms with Gasteiger partial charge in [-0.05, 0) is 24.6 Å². The van der Waals surface area contributed by atoms with Crippen LogP contribution < -0.4 is 11.1 Å². The summed E-state index contributed by atoms with van der Waals surface area (Å²) in [6.45, 7) is 2.67. The third-order valence-electron chi connectivity index (χ3n) is 2.89. The van der Waals surface area contributed by atoms with Crippen molar-refractivity contribution in [3.8, 4) is 0 Å². The molecule has 0 bridgehead atoms. The van der Waals surface area contributed by atoms with Crippen LogP contribution >= 0.6 is 23.2 Å². The zero-order chi connectivity index (χ0) is 15.7. The molecule has 1 amide bonds. The molecule has 3 N–H and O–H groups in total. The second kappa shape index (κ2) is 9.64. The van der Waals surface area contributed by atoms with Crippen molar-refractivity contribution in [1.82, 2.24) is 0 Å². The fourth-order valence-electron chi connectivity index (χ4n) is 1.74. The maximum atomic E-state index is 11.5. The topological polar surface area (TPSA) is 67.5 Å². The maximum Gasteiger partial charge on any atom is 0.247 e. The molecule has 0 saturated heterocycles. The summed E-state index contributed by atoms with van der Waals surface area (Å²) in [5.74, 6) is 0.208. The molecular weight excluding hydrogens is 309 g/mol. The fraction of sp³-hybridized carbons (Fsp3) is 0.467. The first-order valence-electron chi connectivity index (χ1n) is 7.07. The summed E-state index contributed by atoms with van der Waals surface area (Å²) in [5, 5.41) is 4.16. The zero-order valence-electron chi connectivity index (χ0n) is 12.2. The molecule has 4 nitrogen and oxygen atoms in total. The number of nitrogens with zero attached hydrogens (tertiary/aromatic N) is 1. The van der Waals surface area contributed by atoms with E-state index in [9.17, 15) is 4.79 Å². The number of rotatable bonds is 8. The minimum atomic E-state index is -0.143. The number of halogens is 2. The number of unbranched alkanes of at least 4 members (excludes halogenated alkanes) is 2. The van der Waals surface area contributed by atoms with Gasteiger partial charge in [-0.3, -0.25) is 4.79 Å². The van der Waals surface area contributed by atoms with Gasteiger partial charge in [-0.25, -0.2) is 4.99 Å². The summed E-state index contributed by atoms with van der Waals surface area (Å²) in [5.41, 5.74) is 6.59. The summed E-state index contributed by atoms with van der Waals surface area (Å²) in [6, 6.07) is 5.30. The van der Waals surface area contributed by atoms with Crippen LogP contribution in [0.25, 0.3) is 0 Å². The molecule has 0 aromatic heterocycles. The van der Waals surface area contributed by atoms with Gasteiger partial charge in [0.15, 0.2) is 0 Å². The van der Waals surface area contributed by atoms with Crippen LogP contribution in [0.2, 0.25) is 10.0 Å². The van der Waals surface area contributed by atoms with Crippen molar-refractivity contribution in [1.29, 1.82) is 0 Å². The Kier molecular flexibility index (Phi) is 8.16. The molecule has 1 aromatic carbocycles. The number of nitrogens with two attached hydrogens (primary N) is 1. The van der Waals surface area contributed by atoms with E-state index in [4.69, 9.17) is 28.9 Å². The van der Waals surface area contributed by atoms with Crippen LogP contribution in [-0.4, -0.2) is 18.3 Å². The first kappa shape index (κ1) is 17.8. The number of amidine groups is 1. The van der Waals surface area contributed by atoms with Crippen LogP contribution in [0, 0.1) is 0 Å². The molecule has 0 heterocycles. The molecule has 0 unspecified atom stereocenters. The van der Waals surface area contributed by atoms with Gasteiger partial charge < -0.3 is 11.1 Å². The first-order valence-corrected chi connectivity index (χ1v) is 7.83. The highest BCUT2D eigenvalue weighted by Gasteiger charge is 2.02. The van der Waals surface area contributed by atoms with E-state index in [2.05, 4.69) is 17.2 Å². The molecule has 21 heavy (non-hydrogen) atoms. The normalized spacial score (nSPS) is 11.5. The second-order valence-corrected chi connectivity index (χ2v) is 5.57. The molecule has 116 valence electrons. The minimum Gasteiger partial charge on any atom is -0.387 e. The van der Waals surface area contributed by atoms with Gasteiger partial charge in [0.25, 0.3) is 0 Å². The van der Waals surface area contributed by atoms with E-state index in [-0.39, 0.29) is 5.91 Å².